The molecular formula is C18H26ClN3O4S. The molecule has 1 aromatic carbocycles. The summed E-state index contributed by atoms with van der Waals surface area (Å²) in [6.45, 7) is 2.22. The lowest BCUT2D eigenvalue weighted by atomic mass is 10.0. The lowest BCUT2D eigenvalue weighted by Crippen LogP contribution is -2.47. The van der Waals surface area contributed by atoms with E-state index in [1.54, 1.807) is 17.0 Å². The summed E-state index contributed by atoms with van der Waals surface area (Å²) in [5.74, 6) is -0.0832. The number of rotatable bonds is 4. The lowest BCUT2D eigenvalue weighted by molar-refractivity contribution is 0.0303. The first kappa shape index (κ1) is 20.5. The predicted molar refractivity (Wildman–Crippen MR) is 104 cm³/mol. The predicted octanol–water partition coefficient (Wildman–Crippen LogP) is 1.14. The lowest BCUT2D eigenvalue weighted by Gasteiger charge is -2.29. The Hall–Kier alpha value is -1.19. The highest BCUT2D eigenvalue weighted by Crippen LogP contribution is 2.27. The van der Waals surface area contributed by atoms with Crippen LogP contribution < -0.4 is 10.0 Å². The molecule has 27 heavy (non-hydrogen) atoms. The molecule has 3 aliphatic heterocycles. The van der Waals surface area contributed by atoms with Gasteiger partial charge >= 0.3 is 0 Å². The highest BCUT2D eigenvalue weighted by Gasteiger charge is 2.35. The van der Waals surface area contributed by atoms with Crippen molar-refractivity contribution < 1.29 is 17.9 Å². The van der Waals surface area contributed by atoms with Crippen LogP contribution in [0.15, 0.2) is 29.2 Å². The average Bonchev–Trinajstić information content (AvgIpc) is 3.00. The van der Waals surface area contributed by atoms with E-state index in [1.165, 1.54) is 12.1 Å². The van der Waals surface area contributed by atoms with Crippen molar-refractivity contribution >= 4 is 28.3 Å². The van der Waals surface area contributed by atoms with Gasteiger partial charge in [0.2, 0.25) is 10.0 Å². The first-order valence-corrected chi connectivity index (χ1v) is 10.7. The van der Waals surface area contributed by atoms with Gasteiger partial charge in [-0.3, -0.25) is 4.79 Å². The van der Waals surface area contributed by atoms with Gasteiger partial charge in [0.15, 0.2) is 0 Å². The van der Waals surface area contributed by atoms with E-state index in [0.29, 0.717) is 44.0 Å². The zero-order valence-corrected chi connectivity index (χ0v) is 16.7. The minimum atomic E-state index is -3.57. The van der Waals surface area contributed by atoms with Gasteiger partial charge in [0.1, 0.15) is 0 Å². The first-order chi connectivity index (χ1) is 12.5. The number of morpholine rings is 1. The van der Waals surface area contributed by atoms with Crippen LogP contribution in [-0.2, 0) is 14.8 Å². The first-order valence-electron chi connectivity index (χ1n) is 9.27. The molecule has 2 unspecified atom stereocenters. The second-order valence-corrected chi connectivity index (χ2v) is 9.07. The number of sulfonamides is 1. The smallest absolute Gasteiger partial charge is 0.254 e. The number of halogens is 1. The number of piperidine rings is 1. The summed E-state index contributed by atoms with van der Waals surface area (Å²) in [5, 5.41) is 3.51. The maximum Gasteiger partial charge on any atom is 0.254 e. The third-order valence-corrected chi connectivity index (χ3v) is 7.04. The normalized spacial score (nSPS) is 27.9. The van der Waals surface area contributed by atoms with Crippen molar-refractivity contribution in [3.63, 3.8) is 0 Å². The molecule has 3 heterocycles. The van der Waals surface area contributed by atoms with Crippen molar-refractivity contribution in [1.29, 1.82) is 0 Å². The van der Waals surface area contributed by atoms with Crippen molar-refractivity contribution in [3.05, 3.63) is 29.8 Å². The molecule has 2 N–H and O–H groups in total. The third kappa shape index (κ3) is 4.63. The molecule has 4 rings (SSSR count). The molecule has 1 aromatic rings. The Morgan fingerprint density at radius 2 is 1.67 bits per heavy atom. The van der Waals surface area contributed by atoms with Crippen LogP contribution in [-0.4, -0.2) is 63.7 Å². The molecule has 150 valence electrons. The van der Waals surface area contributed by atoms with Crippen LogP contribution in [0.25, 0.3) is 0 Å². The van der Waals surface area contributed by atoms with Gasteiger partial charge in [0.25, 0.3) is 5.91 Å². The van der Waals surface area contributed by atoms with Crippen LogP contribution >= 0.6 is 12.4 Å². The molecule has 0 saturated carbocycles. The number of carbonyl (C=O) groups excluding carboxylic acids is 1. The SMILES string of the molecule is Cl.O=C(c1ccc(S(=O)(=O)NC2CC3CCC(C2)N3)cc1)N1CCOCC1. The zero-order chi connectivity index (χ0) is 18.1. The van der Waals surface area contributed by atoms with Gasteiger partial charge in [0.05, 0.1) is 18.1 Å². The van der Waals surface area contributed by atoms with E-state index in [9.17, 15) is 13.2 Å². The molecule has 3 aliphatic rings. The number of amides is 1. The van der Waals surface area contributed by atoms with E-state index in [0.717, 1.165) is 25.7 Å². The van der Waals surface area contributed by atoms with E-state index < -0.39 is 10.0 Å². The average molecular weight is 416 g/mol. The Balaban J connectivity index is 0.00000210. The highest BCUT2D eigenvalue weighted by atomic mass is 35.5. The molecule has 0 aliphatic carbocycles. The standard InChI is InChI=1S/C18H25N3O4S.ClH/c22-18(21-7-9-25-10-8-21)13-1-5-17(6-2-13)26(23,24)20-16-11-14-3-4-15(12-16)19-14;/h1-2,5-6,14-16,19-20H,3-4,7-12H2;1H. The van der Waals surface area contributed by atoms with E-state index in [1.807, 2.05) is 0 Å². The fraction of sp³-hybridized carbons (Fsp3) is 0.611. The number of ether oxygens (including phenoxy) is 1. The molecule has 3 saturated heterocycles. The summed E-state index contributed by atoms with van der Waals surface area (Å²) < 4.78 is 33.4. The Kier molecular flexibility index (Phi) is 6.43. The monoisotopic (exact) mass is 415 g/mol. The molecule has 0 aromatic heterocycles. The van der Waals surface area contributed by atoms with Gasteiger partial charge in [0, 0.05) is 36.8 Å². The van der Waals surface area contributed by atoms with Crippen LogP contribution in [0.1, 0.15) is 36.0 Å². The van der Waals surface area contributed by atoms with Crippen molar-refractivity contribution in [2.45, 2.75) is 48.7 Å². The Bertz CT molecular complexity index is 753. The van der Waals surface area contributed by atoms with Gasteiger partial charge in [-0.1, -0.05) is 0 Å². The van der Waals surface area contributed by atoms with Gasteiger partial charge in [-0.2, -0.15) is 0 Å². The summed E-state index contributed by atoms with van der Waals surface area (Å²) >= 11 is 0. The molecular weight excluding hydrogens is 390 g/mol. The zero-order valence-electron chi connectivity index (χ0n) is 15.1. The Morgan fingerprint density at radius 3 is 2.26 bits per heavy atom. The minimum Gasteiger partial charge on any atom is -0.378 e. The second-order valence-electron chi connectivity index (χ2n) is 7.36. The highest BCUT2D eigenvalue weighted by molar-refractivity contribution is 7.89. The van der Waals surface area contributed by atoms with E-state index in [-0.39, 0.29) is 29.3 Å². The third-order valence-electron chi connectivity index (χ3n) is 5.50. The number of hydrogen-bond acceptors (Lipinski definition) is 5. The van der Waals surface area contributed by atoms with Gasteiger partial charge in [-0.05, 0) is 49.9 Å². The Morgan fingerprint density at radius 1 is 1.07 bits per heavy atom. The van der Waals surface area contributed by atoms with E-state index in [4.69, 9.17) is 4.74 Å². The summed E-state index contributed by atoms with van der Waals surface area (Å²) in [6, 6.07) is 7.06. The molecule has 1 amide bonds. The number of benzene rings is 1. The fourth-order valence-electron chi connectivity index (χ4n) is 4.17. The topological polar surface area (TPSA) is 87.7 Å². The van der Waals surface area contributed by atoms with Crippen LogP contribution in [0.4, 0.5) is 0 Å². The van der Waals surface area contributed by atoms with Crippen LogP contribution in [0, 0.1) is 0 Å². The Labute approximate surface area is 166 Å². The molecule has 2 bridgehead atoms. The van der Waals surface area contributed by atoms with E-state index >= 15 is 0 Å². The molecule has 0 radical (unpaired) electrons. The van der Waals surface area contributed by atoms with Crippen molar-refractivity contribution in [2.75, 3.05) is 26.3 Å². The molecule has 0 spiro atoms. The quantitative estimate of drug-likeness (QED) is 0.770. The number of hydrogen-bond donors (Lipinski definition) is 2. The van der Waals surface area contributed by atoms with Crippen molar-refractivity contribution in [1.82, 2.24) is 14.9 Å². The van der Waals surface area contributed by atoms with Crippen molar-refractivity contribution in [3.8, 4) is 0 Å². The van der Waals surface area contributed by atoms with Crippen molar-refractivity contribution in [2.24, 2.45) is 0 Å². The molecule has 9 heteroatoms. The minimum absolute atomic E-state index is 0. The van der Waals surface area contributed by atoms with Crippen LogP contribution in [0.5, 0.6) is 0 Å². The van der Waals surface area contributed by atoms with Crippen LogP contribution in [0.2, 0.25) is 0 Å². The molecule has 3 fully saturated rings. The maximum atomic E-state index is 12.7. The molecule has 2 atom stereocenters. The van der Waals surface area contributed by atoms with Crippen LogP contribution in [0.3, 0.4) is 0 Å². The summed E-state index contributed by atoms with van der Waals surface area (Å²) in [7, 11) is -3.57. The second kappa shape index (κ2) is 8.45. The summed E-state index contributed by atoms with van der Waals surface area (Å²) in [5.41, 5.74) is 0.505. The fourth-order valence-corrected chi connectivity index (χ4v) is 5.43. The maximum absolute atomic E-state index is 12.7. The van der Waals surface area contributed by atoms with Gasteiger partial charge in [-0.15, -0.1) is 12.4 Å². The summed E-state index contributed by atoms with van der Waals surface area (Å²) in [4.78, 5) is 14.4. The molecule has 7 nitrogen and oxygen atoms in total. The van der Waals surface area contributed by atoms with Gasteiger partial charge < -0.3 is 15.0 Å². The van der Waals surface area contributed by atoms with Gasteiger partial charge in [-0.25, -0.2) is 13.1 Å². The number of nitrogens with zero attached hydrogens (tertiary/aromatic N) is 1. The number of nitrogens with one attached hydrogen (secondary N) is 2. The van der Waals surface area contributed by atoms with E-state index in [2.05, 4.69) is 10.0 Å². The number of carbonyl (C=O) groups is 1. The summed E-state index contributed by atoms with van der Waals surface area (Å²) in [6.07, 6.45) is 3.93. The largest absolute Gasteiger partial charge is 0.378 e. The number of fused-ring (bicyclic) bond motifs is 2.